The van der Waals surface area contributed by atoms with E-state index in [1.165, 1.54) is 19.4 Å². The Morgan fingerprint density at radius 1 is 1.27 bits per heavy atom. The molecule has 8 heteroatoms. The number of allylic oxidation sites excluding steroid dienone is 1. The van der Waals surface area contributed by atoms with E-state index >= 15 is 0 Å². The molecule has 0 saturated carbocycles. The van der Waals surface area contributed by atoms with E-state index in [1.807, 2.05) is 0 Å². The number of hydroxylamine groups is 1. The highest BCUT2D eigenvalue weighted by Crippen LogP contribution is 2.21. The van der Waals surface area contributed by atoms with Gasteiger partial charge in [0.2, 0.25) is 0 Å². The average Bonchev–Trinajstić information content (AvgIpc) is 2.67. The van der Waals surface area contributed by atoms with Gasteiger partial charge in [-0.3, -0.25) is 10.2 Å². The van der Waals surface area contributed by atoms with Gasteiger partial charge in [-0.15, -0.1) is 0 Å². The number of aliphatic imine (C=N–C) groups is 1. The zero-order valence-corrected chi connectivity index (χ0v) is 14.8. The van der Waals surface area contributed by atoms with Crippen molar-refractivity contribution in [2.75, 3.05) is 12.2 Å². The second kappa shape index (κ2) is 9.45. The van der Waals surface area contributed by atoms with Gasteiger partial charge in [-0.1, -0.05) is 29.8 Å². The topological polar surface area (TPSA) is 97.4 Å². The summed E-state index contributed by atoms with van der Waals surface area (Å²) < 4.78 is 9.91. The van der Waals surface area contributed by atoms with Crippen LogP contribution in [-0.4, -0.2) is 24.6 Å². The van der Waals surface area contributed by atoms with Gasteiger partial charge in [-0.05, 0) is 30.3 Å². The lowest BCUT2D eigenvalue weighted by Gasteiger charge is -2.17. The molecule has 0 atom stereocenters. The van der Waals surface area contributed by atoms with E-state index < -0.39 is 6.09 Å². The number of amides is 1. The lowest BCUT2D eigenvalue weighted by Crippen LogP contribution is -2.27. The number of benzene rings is 2. The molecule has 0 saturated heterocycles. The van der Waals surface area contributed by atoms with Crippen molar-refractivity contribution in [3.05, 3.63) is 71.1 Å². The highest BCUT2D eigenvalue weighted by atomic mass is 35.5. The highest BCUT2D eigenvalue weighted by molar-refractivity contribution is 6.30. The monoisotopic (exact) mass is 375 g/mol. The van der Waals surface area contributed by atoms with Crippen molar-refractivity contribution in [1.82, 2.24) is 0 Å². The van der Waals surface area contributed by atoms with Crippen molar-refractivity contribution >= 4 is 35.3 Å². The second-order valence-electron chi connectivity index (χ2n) is 5.02. The molecule has 2 aromatic carbocycles. The number of carbonyl (C=O) groups excluding carboxylic acids is 1. The van der Waals surface area contributed by atoms with Crippen LogP contribution in [0.1, 0.15) is 5.56 Å². The van der Waals surface area contributed by atoms with Crippen LogP contribution in [0.15, 0.2) is 65.5 Å². The number of para-hydroxylation sites is 1. The smallest absolute Gasteiger partial charge is 0.438 e. The number of hydrogen-bond acceptors (Lipinski definition) is 6. The Kier molecular flexibility index (Phi) is 7.02. The van der Waals surface area contributed by atoms with E-state index in [-0.39, 0.29) is 18.2 Å². The number of halogens is 1. The molecular weight excluding hydrogens is 358 g/mol. The molecule has 0 aromatic heterocycles. The van der Waals surface area contributed by atoms with Gasteiger partial charge in [0, 0.05) is 22.9 Å². The third kappa shape index (κ3) is 5.51. The number of carbonyl (C=O) groups is 1. The molecule has 26 heavy (non-hydrogen) atoms. The molecule has 136 valence electrons. The summed E-state index contributed by atoms with van der Waals surface area (Å²) in [5.41, 5.74) is 7.29. The van der Waals surface area contributed by atoms with Crippen LogP contribution in [0.25, 0.3) is 0 Å². The molecule has 7 nitrogen and oxygen atoms in total. The molecular formula is C18H18ClN3O4. The lowest BCUT2D eigenvalue weighted by atomic mass is 10.2. The summed E-state index contributed by atoms with van der Waals surface area (Å²) in [5.74, 6) is 0.125. The van der Waals surface area contributed by atoms with Gasteiger partial charge in [-0.25, -0.2) is 4.79 Å². The molecule has 0 heterocycles. The molecule has 0 aliphatic rings. The molecule has 0 bridgehead atoms. The quantitative estimate of drug-likeness (QED) is 0.344. The second-order valence-corrected chi connectivity index (χ2v) is 5.46. The minimum absolute atomic E-state index is 0.0430. The van der Waals surface area contributed by atoms with Gasteiger partial charge >= 0.3 is 6.09 Å². The minimum Gasteiger partial charge on any atom is -0.474 e. The molecule has 2 aromatic rings. The minimum atomic E-state index is -0.906. The summed E-state index contributed by atoms with van der Waals surface area (Å²) in [7, 11) is 1.17. The van der Waals surface area contributed by atoms with Gasteiger partial charge in [-0.2, -0.15) is 5.06 Å². The van der Waals surface area contributed by atoms with E-state index in [2.05, 4.69) is 9.73 Å². The molecule has 1 amide bonds. The Morgan fingerprint density at radius 2 is 1.96 bits per heavy atom. The van der Waals surface area contributed by atoms with Gasteiger partial charge in [0.25, 0.3) is 0 Å². The maximum atomic E-state index is 11.5. The Morgan fingerprint density at radius 3 is 2.65 bits per heavy atom. The van der Waals surface area contributed by atoms with E-state index in [1.54, 1.807) is 48.5 Å². The van der Waals surface area contributed by atoms with Crippen LogP contribution < -0.4 is 10.8 Å². The molecule has 0 fully saturated rings. The fourth-order valence-corrected chi connectivity index (χ4v) is 2.08. The lowest BCUT2D eigenvalue weighted by molar-refractivity contribution is 0.139. The molecule has 3 N–H and O–H groups in total. The van der Waals surface area contributed by atoms with Crippen molar-refractivity contribution < 1.29 is 19.5 Å². The van der Waals surface area contributed by atoms with Crippen LogP contribution in [-0.2, 0) is 16.1 Å². The van der Waals surface area contributed by atoms with E-state index in [0.717, 1.165) is 5.69 Å². The Balaban J connectivity index is 1.99. The summed E-state index contributed by atoms with van der Waals surface area (Å²) >= 11 is 5.81. The van der Waals surface area contributed by atoms with Gasteiger partial charge < -0.3 is 15.2 Å². The fourth-order valence-electron chi connectivity index (χ4n) is 1.96. The molecule has 0 radical (unpaired) electrons. The number of hydrogen-bond donors (Lipinski definition) is 2. The van der Waals surface area contributed by atoms with Crippen LogP contribution in [0.3, 0.4) is 0 Å². The van der Waals surface area contributed by atoms with E-state index in [9.17, 15) is 10.0 Å². The highest BCUT2D eigenvalue weighted by Gasteiger charge is 2.16. The Labute approximate surface area is 155 Å². The van der Waals surface area contributed by atoms with Crippen molar-refractivity contribution in [2.45, 2.75) is 6.61 Å². The number of ether oxygens (including phenoxy) is 2. The van der Waals surface area contributed by atoms with Crippen LogP contribution in [0, 0.1) is 0 Å². The molecule has 0 unspecified atom stereocenters. The summed E-state index contributed by atoms with van der Waals surface area (Å²) in [5, 5.41) is 10.9. The first-order valence-corrected chi connectivity index (χ1v) is 7.92. The van der Waals surface area contributed by atoms with Crippen molar-refractivity contribution in [2.24, 2.45) is 10.7 Å². The number of nitrogens with two attached hydrogens (primary N) is 1. The Hall–Kier alpha value is -3.03. The van der Waals surface area contributed by atoms with Crippen LogP contribution in [0.5, 0.6) is 0 Å². The molecule has 2 rings (SSSR count). The molecule has 0 aliphatic carbocycles. The van der Waals surface area contributed by atoms with E-state index in [0.29, 0.717) is 15.6 Å². The van der Waals surface area contributed by atoms with E-state index in [4.69, 9.17) is 22.1 Å². The predicted molar refractivity (Wildman–Crippen MR) is 99.8 cm³/mol. The Bertz CT molecular complexity index is 806. The zero-order chi connectivity index (χ0) is 18.9. The summed E-state index contributed by atoms with van der Waals surface area (Å²) in [6.45, 7) is 0.0430. The first-order valence-electron chi connectivity index (χ1n) is 7.54. The third-order valence-electron chi connectivity index (χ3n) is 3.25. The first kappa shape index (κ1) is 19.3. The van der Waals surface area contributed by atoms with Crippen LogP contribution in [0.2, 0.25) is 5.02 Å². The third-order valence-corrected chi connectivity index (χ3v) is 3.50. The largest absolute Gasteiger partial charge is 0.474 e. The average molecular weight is 376 g/mol. The standard InChI is InChI=1S/C18H18ClN3O4/c1-25-18(23)22(24)16-5-3-2-4-13(16)12-26-17(20)10-11-21-15-8-6-14(19)7-9-15/h2-11,24H,12,20H2,1H3. The van der Waals surface area contributed by atoms with Crippen molar-refractivity contribution in [3.8, 4) is 0 Å². The normalized spacial score (nSPS) is 11.4. The summed E-state index contributed by atoms with van der Waals surface area (Å²) in [6, 6.07) is 13.7. The van der Waals surface area contributed by atoms with Crippen LogP contribution in [0.4, 0.5) is 16.2 Å². The fraction of sp³-hybridized carbons (Fsp3) is 0.111. The van der Waals surface area contributed by atoms with Crippen molar-refractivity contribution in [3.63, 3.8) is 0 Å². The van der Waals surface area contributed by atoms with Gasteiger partial charge in [0.15, 0.2) is 5.88 Å². The predicted octanol–water partition coefficient (Wildman–Crippen LogP) is 4.02. The zero-order valence-electron chi connectivity index (χ0n) is 14.0. The maximum absolute atomic E-state index is 11.5. The summed E-state index contributed by atoms with van der Waals surface area (Å²) in [4.78, 5) is 15.6. The van der Waals surface area contributed by atoms with Gasteiger partial charge in [0.05, 0.1) is 18.5 Å². The number of nitrogens with zero attached hydrogens (tertiary/aromatic N) is 2. The van der Waals surface area contributed by atoms with Gasteiger partial charge in [0.1, 0.15) is 6.61 Å². The molecule has 0 spiro atoms. The maximum Gasteiger partial charge on any atom is 0.438 e. The number of methoxy groups -OCH3 is 1. The first-order chi connectivity index (χ1) is 12.5. The van der Waals surface area contributed by atoms with Crippen molar-refractivity contribution in [1.29, 1.82) is 0 Å². The number of rotatable bonds is 6. The molecule has 0 aliphatic heterocycles. The number of anilines is 1. The summed E-state index contributed by atoms with van der Waals surface area (Å²) in [6.07, 6.45) is 2.09. The van der Waals surface area contributed by atoms with Crippen LogP contribution >= 0.6 is 11.6 Å². The SMILES string of the molecule is COC(=O)N(O)c1ccccc1COC(N)=CC=Nc1ccc(Cl)cc1.